The smallest absolute Gasteiger partial charge is 0.308 e. The second kappa shape index (κ2) is 8.67. The highest BCUT2D eigenvalue weighted by molar-refractivity contribution is 7.15. The molecule has 1 aliphatic carbocycles. The van der Waals surface area contributed by atoms with E-state index in [1.54, 1.807) is 47.7 Å². The molecule has 0 atom stereocenters. The first kappa shape index (κ1) is 22.8. The number of likely N-dealkylation sites (N-methyl/N-ethyl adjacent to an activating group) is 1. The van der Waals surface area contributed by atoms with E-state index in [9.17, 15) is 19.6 Å². The van der Waals surface area contributed by atoms with Crippen LogP contribution in [-0.4, -0.2) is 34.4 Å². The lowest BCUT2D eigenvalue weighted by atomic mass is 9.96. The number of urea groups is 1. The number of barbiturate groups is 1. The maximum atomic E-state index is 13.3. The average molecular weight is 485 g/mol. The van der Waals surface area contributed by atoms with Crippen LogP contribution in [-0.2, 0) is 22.4 Å². The Morgan fingerprint density at radius 1 is 1.03 bits per heavy atom. The monoisotopic (exact) mass is 484 g/mol. The molecule has 0 N–H and O–H groups in total. The number of amides is 4. The van der Waals surface area contributed by atoms with E-state index in [0.29, 0.717) is 11.3 Å². The Morgan fingerprint density at radius 3 is 2.46 bits per heavy atom. The van der Waals surface area contributed by atoms with Gasteiger partial charge in [-0.25, -0.2) is 9.69 Å². The minimum absolute atomic E-state index is 0.0813. The Labute approximate surface area is 207 Å². The molecule has 0 saturated carbocycles. The van der Waals surface area contributed by atoms with Gasteiger partial charge in [-0.3, -0.25) is 14.5 Å². The molecule has 1 fully saturated rings. The lowest BCUT2D eigenvalue weighted by Gasteiger charge is -2.31. The minimum atomic E-state index is -0.684. The number of imide groups is 2. The Hall–Kier alpha value is -3.96. The standard InChI is InChI=1S/C27H24N4O3S/c1-16-13-18(17(2)30(16)26-22(15-28)20-11-7-8-12-23(20)35-26)14-21-24(32)29(3)27(34)31(25(21)33)19-9-5-4-6-10-19/h4-6,9-10,13-14H,7-8,11-12H2,1-3H3/b21-14+. The number of carbonyl (C=O) groups excluding carboxylic acids is 3. The number of fused-ring (bicyclic) bond motifs is 1. The first-order valence-corrected chi connectivity index (χ1v) is 12.3. The summed E-state index contributed by atoms with van der Waals surface area (Å²) < 4.78 is 2.04. The van der Waals surface area contributed by atoms with Crippen molar-refractivity contribution >= 4 is 40.9 Å². The molecule has 2 aromatic heterocycles. The van der Waals surface area contributed by atoms with E-state index in [1.165, 1.54) is 11.9 Å². The summed E-state index contributed by atoms with van der Waals surface area (Å²) in [4.78, 5) is 42.3. The van der Waals surface area contributed by atoms with Crippen molar-refractivity contribution < 1.29 is 14.4 Å². The highest BCUT2D eigenvalue weighted by Crippen LogP contribution is 2.38. The van der Waals surface area contributed by atoms with E-state index in [1.807, 2.05) is 24.5 Å². The van der Waals surface area contributed by atoms with Gasteiger partial charge in [-0.1, -0.05) is 18.2 Å². The fourth-order valence-electron chi connectivity index (χ4n) is 4.87. The van der Waals surface area contributed by atoms with Crippen molar-refractivity contribution in [1.29, 1.82) is 5.26 Å². The van der Waals surface area contributed by atoms with Crippen molar-refractivity contribution in [3.63, 3.8) is 0 Å². The SMILES string of the molecule is Cc1cc(/C=C2\C(=O)N(C)C(=O)N(c3ccccc3)C2=O)c(C)n1-c1sc2c(c1C#N)CCCC2. The Bertz CT molecular complexity index is 1460. The number of anilines is 1. The van der Waals surface area contributed by atoms with Crippen LogP contribution in [0.5, 0.6) is 0 Å². The third-order valence-corrected chi connectivity index (χ3v) is 7.98. The molecule has 2 aliphatic rings. The highest BCUT2D eigenvalue weighted by atomic mass is 32.1. The fraction of sp³-hybridized carbons (Fsp3) is 0.259. The quantitative estimate of drug-likeness (QED) is 0.390. The molecule has 5 rings (SSSR count). The first-order chi connectivity index (χ1) is 16.8. The van der Waals surface area contributed by atoms with Crippen molar-refractivity contribution in [3.8, 4) is 11.1 Å². The summed E-state index contributed by atoms with van der Waals surface area (Å²) in [7, 11) is 1.37. The number of aryl methyl sites for hydroxylation is 2. The van der Waals surface area contributed by atoms with Crippen molar-refractivity contribution in [2.24, 2.45) is 0 Å². The number of nitriles is 1. The molecule has 0 spiro atoms. The molecular weight excluding hydrogens is 460 g/mol. The van der Waals surface area contributed by atoms with Crippen LogP contribution in [0.3, 0.4) is 0 Å². The number of hydrogen-bond donors (Lipinski definition) is 0. The predicted molar refractivity (Wildman–Crippen MR) is 135 cm³/mol. The van der Waals surface area contributed by atoms with E-state index in [4.69, 9.17) is 0 Å². The molecule has 8 heteroatoms. The zero-order chi connectivity index (χ0) is 24.9. The van der Waals surface area contributed by atoms with E-state index < -0.39 is 17.8 Å². The highest BCUT2D eigenvalue weighted by Gasteiger charge is 2.41. The zero-order valence-corrected chi connectivity index (χ0v) is 20.6. The second-order valence-corrected chi connectivity index (χ2v) is 9.93. The van der Waals surface area contributed by atoms with Gasteiger partial charge in [0.2, 0.25) is 0 Å². The topological polar surface area (TPSA) is 86.4 Å². The third kappa shape index (κ3) is 3.60. The first-order valence-electron chi connectivity index (χ1n) is 11.5. The van der Waals surface area contributed by atoms with Crippen LogP contribution >= 0.6 is 11.3 Å². The molecule has 1 aromatic carbocycles. The molecule has 4 amide bonds. The van der Waals surface area contributed by atoms with Crippen LogP contribution in [0.2, 0.25) is 0 Å². The van der Waals surface area contributed by atoms with Crippen LogP contribution < -0.4 is 4.90 Å². The molecule has 0 unspecified atom stereocenters. The normalized spacial score (nSPS) is 17.2. The number of carbonyl (C=O) groups is 3. The van der Waals surface area contributed by atoms with E-state index >= 15 is 0 Å². The zero-order valence-electron chi connectivity index (χ0n) is 19.8. The van der Waals surface area contributed by atoms with Crippen LogP contribution in [0.1, 0.15) is 45.8 Å². The molecule has 176 valence electrons. The summed E-state index contributed by atoms with van der Waals surface area (Å²) in [6.45, 7) is 3.87. The summed E-state index contributed by atoms with van der Waals surface area (Å²) in [6.07, 6.45) is 5.69. The predicted octanol–water partition coefficient (Wildman–Crippen LogP) is 4.91. The van der Waals surface area contributed by atoms with Crippen molar-refractivity contribution in [1.82, 2.24) is 9.47 Å². The van der Waals surface area contributed by atoms with Gasteiger partial charge >= 0.3 is 6.03 Å². The second-order valence-electron chi connectivity index (χ2n) is 8.85. The Balaban J connectivity index is 1.61. The van der Waals surface area contributed by atoms with Crippen molar-refractivity contribution in [2.45, 2.75) is 39.5 Å². The number of rotatable bonds is 3. The van der Waals surface area contributed by atoms with Gasteiger partial charge < -0.3 is 4.57 Å². The maximum absolute atomic E-state index is 13.3. The number of nitrogens with zero attached hydrogens (tertiary/aromatic N) is 4. The van der Waals surface area contributed by atoms with Crippen LogP contribution in [0.15, 0.2) is 42.0 Å². The summed E-state index contributed by atoms with van der Waals surface area (Å²) in [5.74, 6) is -1.29. The summed E-state index contributed by atoms with van der Waals surface area (Å²) in [5.41, 5.74) is 4.63. The van der Waals surface area contributed by atoms with Crippen LogP contribution in [0.4, 0.5) is 10.5 Å². The summed E-state index contributed by atoms with van der Waals surface area (Å²) in [5, 5.41) is 10.8. The molecule has 0 radical (unpaired) electrons. The molecule has 1 saturated heterocycles. The van der Waals surface area contributed by atoms with Gasteiger partial charge in [0, 0.05) is 23.3 Å². The largest absolute Gasteiger partial charge is 0.338 e. The van der Waals surface area contributed by atoms with Crippen LogP contribution in [0.25, 0.3) is 11.1 Å². The molecule has 1 aliphatic heterocycles. The molecule has 3 aromatic rings. The minimum Gasteiger partial charge on any atom is -0.308 e. The number of aromatic nitrogens is 1. The molecule has 7 nitrogen and oxygen atoms in total. The summed E-state index contributed by atoms with van der Waals surface area (Å²) >= 11 is 1.65. The van der Waals surface area contributed by atoms with Gasteiger partial charge in [0.05, 0.1) is 11.3 Å². The van der Waals surface area contributed by atoms with Gasteiger partial charge in [-0.05, 0) is 74.9 Å². The lowest BCUT2D eigenvalue weighted by Crippen LogP contribution is -2.55. The lowest BCUT2D eigenvalue weighted by molar-refractivity contribution is -0.128. The third-order valence-electron chi connectivity index (χ3n) is 6.70. The van der Waals surface area contributed by atoms with Gasteiger partial charge in [-0.2, -0.15) is 5.26 Å². The van der Waals surface area contributed by atoms with Gasteiger partial charge in [0.25, 0.3) is 11.8 Å². The molecule has 0 bridgehead atoms. The van der Waals surface area contributed by atoms with Gasteiger partial charge in [-0.15, -0.1) is 11.3 Å². The van der Waals surface area contributed by atoms with Crippen molar-refractivity contribution in [3.05, 3.63) is 74.9 Å². The van der Waals surface area contributed by atoms with E-state index in [0.717, 1.165) is 63.0 Å². The number of hydrogen-bond acceptors (Lipinski definition) is 5. The maximum Gasteiger partial charge on any atom is 0.338 e. The average Bonchev–Trinajstić information content (AvgIpc) is 3.36. The van der Waals surface area contributed by atoms with Gasteiger partial charge in [0.1, 0.15) is 16.6 Å². The fourth-order valence-corrected chi connectivity index (χ4v) is 6.32. The Kier molecular flexibility index (Phi) is 5.65. The van der Waals surface area contributed by atoms with Gasteiger partial charge in [0.15, 0.2) is 0 Å². The Morgan fingerprint density at radius 2 is 1.74 bits per heavy atom. The number of para-hydroxylation sites is 1. The van der Waals surface area contributed by atoms with Crippen molar-refractivity contribution in [2.75, 3.05) is 11.9 Å². The summed E-state index contributed by atoms with van der Waals surface area (Å²) in [6, 6.07) is 12.2. The van der Waals surface area contributed by atoms with Crippen LogP contribution in [0, 0.1) is 25.2 Å². The van der Waals surface area contributed by atoms with E-state index in [2.05, 4.69) is 6.07 Å². The van der Waals surface area contributed by atoms with E-state index in [-0.39, 0.29) is 5.57 Å². The number of thiophene rings is 1. The molecule has 35 heavy (non-hydrogen) atoms. The molecule has 3 heterocycles. The number of benzene rings is 1. The molecular formula is C27H24N4O3S.